The first-order valence-corrected chi connectivity index (χ1v) is 14.0. The van der Waals surface area contributed by atoms with Crippen molar-refractivity contribution in [1.82, 2.24) is 0 Å². The van der Waals surface area contributed by atoms with E-state index in [0.29, 0.717) is 35.5 Å². The van der Waals surface area contributed by atoms with Crippen molar-refractivity contribution in [2.24, 2.45) is 5.92 Å². The maximum absolute atomic E-state index is 12.8. The molecule has 0 heterocycles. The minimum atomic E-state index is -0.688. The highest BCUT2D eigenvalue weighted by Crippen LogP contribution is 2.36. The molecule has 0 unspecified atom stereocenters. The molecule has 3 rings (SSSR count). The Hall–Kier alpha value is -3.18. The highest BCUT2D eigenvalue weighted by molar-refractivity contribution is 14.1. The average Bonchev–Trinajstić information content (AvgIpc) is 2.88. The Morgan fingerprint density at radius 2 is 1.84 bits per heavy atom. The Kier molecular flexibility index (Phi) is 10.7. The molecular weight excluding hydrogens is 601 g/mol. The van der Waals surface area contributed by atoms with Gasteiger partial charge in [0.1, 0.15) is 11.9 Å². The van der Waals surface area contributed by atoms with Crippen LogP contribution in [0.1, 0.15) is 31.4 Å². The zero-order valence-corrected chi connectivity index (χ0v) is 23.6. The van der Waals surface area contributed by atoms with Crippen molar-refractivity contribution >= 4 is 63.4 Å². The number of rotatable bonds is 10. The Bertz CT molecular complexity index is 1250. The van der Waals surface area contributed by atoms with E-state index in [1.54, 1.807) is 54.2 Å². The van der Waals surface area contributed by atoms with E-state index in [1.165, 1.54) is 6.08 Å². The summed E-state index contributed by atoms with van der Waals surface area (Å²) < 4.78 is 6.74. The molecule has 37 heavy (non-hydrogen) atoms. The number of nitrogens with two attached hydrogens (primary N) is 1. The molecule has 0 aliphatic carbocycles. The summed E-state index contributed by atoms with van der Waals surface area (Å²) in [7, 11) is 0. The van der Waals surface area contributed by atoms with Gasteiger partial charge in [-0.25, -0.2) is 4.79 Å². The first kappa shape index (κ1) is 28.4. The summed E-state index contributed by atoms with van der Waals surface area (Å²) in [5, 5.41) is 16.0. The number of carbonyl (C=O) groups is 2. The number of aromatic hydroxyl groups is 1. The maximum Gasteiger partial charge on any atom is 0.412 e. The van der Waals surface area contributed by atoms with Crippen LogP contribution in [0.3, 0.4) is 0 Å². The van der Waals surface area contributed by atoms with Gasteiger partial charge < -0.3 is 20.9 Å². The van der Waals surface area contributed by atoms with Gasteiger partial charge in [0.25, 0.3) is 0 Å². The normalized spacial score (nSPS) is 12.6. The van der Waals surface area contributed by atoms with Crippen LogP contribution in [0.4, 0.5) is 21.9 Å². The van der Waals surface area contributed by atoms with E-state index in [4.69, 9.17) is 10.5 Å². The zero-order valence-electron chi connectivity index (χ0n) is 20.6. The largest absolute Gasteiger partial charge is 0.508 e. The second-order valence-corrected chi connectivity index (χ2v) is 10.5. The van der Waals surface area contributed by atoms with Gasteiger partial charge in [0, 0.05) is 19.7 Å². The van der Waals surface area contributed by atoms with Gasteiger partial charge in [0.05, 0.1) is 11.4 Å². The average molecular weight is 632 g/mol. The molecule has 9 heteroatoms. The quantitative estimate of drug-likeness (QED) is 0.0815. The number of nitrogens with one attached hydrogen (secondary N) is 2. The van der Waals surface area contributed by atoms with Gasteiger partial charge in [-0.15, -0.1) is 11.8 Å². The lowest BCUT2D eigenvalue weighted by Crippen LogP contribution is -2.22. The summed E-state index contributed by atoms with van der Waals surface area (Å²) in [5.74, 6) is -0.364. The van der Waals surface area contributed by atoms with Crippen molar-refractivity contribution < 1.29 is 19.4 Å². The smallest absolute Gasteiger partial charge is 0.412 e. The molecule has 0 aliphatic rings. The van der Waals surface area contributed by atoms with E-state index >= 15 is 0 Å². The summed E-state index contributed by atoms with van der Waals surface area (Å²) in [4.78, 5) is 26.1. The summed E-state index contributed by atoms with van der Waals surface area (Å²) >= 11 is 3.77. The standard InChI is InChI=1S/C28H30IN3O4S/c1-18(7-3-6-10-26(34)32-24-9-5-4-8-23(24)30)27(22-17-19(29)11-16-25(22)33)36-28(35)31-20-12-14-21(37-2)15-13-20/h4-6,8-18,27,33H,3,7,30H2,1-2H3,(H,31,35)(H,32,34)/b10-6+/t18-,27-/m1/s1. The lowest BCUT2D eigenvalue weighted by Gasteiger charge is -2.25. The number of benzene rings is 3. The predicted molar refractivity (Wildman–Crippen MR) is 159 cm³/mol. The van der Waals surface area contributed by atoms with Gasteiger partial charge in [0.2, 0.25) is 5.91 Å². The number of nitrogen functional groups attached to an aromatic ring is 1. The topological polar surface area (TPSA) is 114 Å². The number of para-hydroxylation sites is 2. The van der Waals surface area contributed by atoms with Crippen LogP contribution in [0.15, 0.2) is 83.8 Å². The number of phenols is 1. The van der Waals surface area contributed by atoms with Crippen LogP contribution in [0.5, 0.6) is 5.75 Å². The van der Waals surface area contributed by atoms with Crippen LogP contribution in [-0.2, 0) is 9.53 Å². The number of anilines is 3. The predicted octanol–water partition coefficient (Wildman–Crippen LogP) is 7.20. The van der Waals surface area contributed by atoms with E-state index in [-0.39, 0.29) is 17.6 Å². The highest BCUT2D eigenvalue weighted by atomic mass is 127. The minimum Gasteiger partial charge on any atom is -0.508 e. The van der Waals surface area contributed by atoms with E-state index < -0.39 is 12.2 Å². The second-order valence-electron chi connectivity index (χ2n) is 8.42. The third-order valence-corrected chi connectivity index (χ3v) is 7.07. The van der Waals surface area contributed by atoms with Gasteiger partial charge in [-0.2, -0.15) is 0 Å². The number of thioether (sulfide) groups is 1. The van der Waals surface area contributed by atoms with E-state index in [1.807, 2.05) is 43.5 Å². The SMILES string of the molecule is CSc1ccc(NC(=O)O[C@@H](c2cc(I)ccc2O)[C@H](C)CC/C=C/C(=O)Nc2ccccc2N)cc1. The fourth-order valence-electron chi connectivity index (χ4n) is 3.66. The van der Waals surface area contributed by atoms with Gasteiger partial charge in [0.15, 0.2) is 0 Å². The molecule has 7 nitrogen and oxygen atoms in total. The van der Waals surface area contributed by atoms with Crippen molar-refractivity contribution in [2.75, 3.05) is 22.6 Å². The van der Waals surface area contributed by atoms with Crippen molar-refractivity contribution in [2.45, 2.75) is 30.8 Å². The number of halogens is 1. The molecule has 0 bridgehead atoms. The summed E-state index contributed by atoms with van der Waals surface area (Å²) in [6, 6.07) is 19.7. The zero-order chi connectivity index (χ0) is 26.8. The molecule has 5 N–H and O–H groups in total. The van der Waals surface area contributed by atoms with Crippen LogP contribution >= 0.6 is 34.4 Å². The lowest BCUT2D eigenvalue weighted by atomic mass is 9.92. The van der Waals surface area contributed by atoms with E-state index in [9.17, 15) is 14.7 Å². The summed E-state index contributed by atoms with van der Waals surface area (Å²) in [5.41, 5.74) is 8.08. The van der Waals surface area contributed by atoms with Crippen LogP contribution < -0.4 is 16.4 Å². The van der Waals surface area contributed by atoms with Gasteiger partial charge in [-0.3, -0.25) is 10.1 Å². The van der Waals surface area contributed by atoms with Crippen LogP contribution in [0.2, 0.25) is 0 Å². The van der Waals surface area contributed by atoms with Crippen LogP contribution in [-0.4, -0.2) is 23.4 Å². The summed E-state index contributed by atoms with van der Waals surface area (Å²) in [6.45, 7) is 1.95. The number of allylic oxidation sites excluding steroid dienone is 1. The number of ether oxygens (including phenoxy) is 1. The van der Waals surface area contributed by atoms with Crippen molar-refractivity contribution in [1.29, 1.82) is 0 Å². The molecule has 0 radical (unpaired) electrons. The van der Waals surface area contributed by atoms with Crippen molar-refractivity contribution in [3.63, 3.8) is 0 Å². The molecule has 2 amide bonds. The molecule has 3 aromatic carbocycles. The monoisotopic (exact) mass is 631 g/mol. The number of phenolic OH excluding ortho intramolecular Hbond substituents is 1. The fourth-order valence-corrected chi connectivity index (χ4v) is 4.59. The number of hydrogen-bond acceptors (Lipinski definition) is 6. The Morgan fingerprint density at radius 1 is 1.11 bits per heavy atom. The molecule has 0 spiro atoms. The second kappa shape index (κ2) is 13.9. The van der Waals surface area contributed by atoms with Gasteiger partial charge in [-0.05, 0) is 108 Å². The molecule has 0 aliphatic heterocycles. The number of amides is 2. The summed E-state index contributed by atoms with van der Waals surface area (Å²) in [6.07, 6.45) is 5.10. The van der Waals surface area contributed by atoms with E-state index in [2.05, 4.69) is 33.2 Å². The molecule has 0 saturated carbocycles. The minimum absolute atomic E-state index is 0.0600. The molecule has 3 aromatic rings. The molecule has 0 saturated heterocycles. The van der Waals surface area contributed by atoms with Gasteiger partial charge >= 0.3 is 6.09 Å². The first-order chi connectivity index (χ1) is 17.8. The van der Waals surface area contributed by atoms with Crippen LogP contribution in [0, 0.1) is 9.49 Å². The third-order valence-electron chi connectivity index (χ3n) is 5.66. The first-order valence-electron chi connectivity index (χ1n) is 11.7. The maximum atomic E-state index is 12.8. The van der Waals surface area contributed by atoms with Crippen molar-refractivity contribution in [3.05, 3.63) is 88.0 Å². The fraction of sp³-hybridized carbons (Fsp3) is 0.214. The number of carbonyl (C=O) groups excluding carboxylic acids is 2. The van der Waals surface area contributed by atoms with Crippen LogP contribution in [0.25, 0.3) is 0 Å². The number of hydrogen-bond donors (Lipinski definition) is 4. The molecular formula is C28H30IN3O4S. The van der Waals surface area contributed by atoms with E-state index in [0.717, 1.165) is 8.47 Å². The highest BCUT2D eigenvalue weighted by Gasteiger charge is 2.26. The Morgan fingerprint density at radius 3 is 2.54 bits per heavy atom. The Labute approximate surface area is 235 Å². The molecule has 0 aromatic heterocycles. The molecule has 0 fully saturated rings. The van der Waals surface area contributed by atoms with Crippen molar-refractivity contribution in [3.8, 4) is 5.75 Å². The molecule has 2 atom stereocenters. The third kappa shape index (κ3) is 8.71. The lowest BCUT2D eigenvalue weighted by molar-refractivity contribution is -0.111. The van der Waals surface area contributed by atoms with Gasteiger partial charge in [-0.1, -0.05) is 25.1 Å². The Balaban J connectivity index is 1.65. The molecule has 194 valence electrons.